The predicted molar refractivity (Wildman–Crippen MR) is 80.6 cm³/mol. The van der Waals surface area contributed by atoms with Gasteiger partial charge in [-0.2, -0.15) is 30.2 Å². The molecule has 0 fully saturated rings. The zero-order valence-corrected chi connectivity index (χ0v) is 12.9. The number of alkyl halides is 3. The summed E-state index contributed by atoms with van der Waals surface area (Å²) in [5.74, 6) is 1.25. The van der Waals surface area contributed by atoms with Crippen LogP contribution in [0.4, 0.5) is 13.2 Å². The maximum absolute atomic E-state index is 13.0. The van der Waals surface area contributed by atoms with Crippen molar-refractivity contribution in [3.05, 3.63) is 35.0 Å². The summed E-state index contributed by atoms with van der Waals surface area (Å²) in [6, 6.07) is 5.28. The van der Waals surface area contributed by atoms with Crippen molar-refractivity contribution < 1.29 is 18.3 Å². The van der Waals surface area contributed by atoms with Crippen LogP contribution >= 0.6 is 11.8 Å². The Bertz CT molecular complexity index is 729. The minimum atomic E-state index is -4.59. The van der Waals surface area contributed by atoms with Crippen LogP contribution in [0.2, 0.25) is 0 Å². The van der Waals surface area contributed by atoms with E-state index < -0.39 is 22.9 Å². The third-order valence-electron chi connectivity index (χ3n) is 3.35. The molecule has 0 bridgehead atoms. The van der Waals surface area contributed by atoms with Crippen LogP contribution in [0.1, 0.15) is 30.7 Å². The van der Waals surface area contributed by atoms with Crippen LogP contribution in [-0.4, -0.2) is 21.6 Å². The Morgan fingerprint density at radius 2 is 2.00 bits per heavy atom. The van der Waals surface area contributed by atoms with E-state index in [1.54, 1.807) is 19.1 Å². The third-order valence-corrected chi connectivity index (χ3v) is 4.53. The van der Waals surface area contributed by atoms with Gasteiger partial charge in [-0.15, -0.1) is 0 Å². The van der Waals surface area contributed by atoms with Crippen molar-refractivity contribution in [3.8, 4) is 6.07 Å². The SMILES string of the molecule is CCSC[C@@](C)(O)c1cc2cc(C#N)c(C(F)(F)F)cc2[nH]1. The van der Waals surface area contributed by atoms with Gasteiger partial charge in [0.15, 0.2) is 0 Å². The van der Waals surface area contributed by atoms with Crippen LogP contribution in [0, 0.1) is 11.3 Å². The summed E-state index contributed by atoms with van der Waals surface area (Å²) >= 11 is 1.53. The molecule has 0 saturated carbocycles. The largest absolute Gasteiger partial charge is 0.417 e. The molecule has 2 aromatic rings. The lowest BCUT2D eigenvalue weighted by molar-refractivity contribution is -0.137. The highest BCUT2D eigenvalue weighted by atomic mass is 32.2. The fraction of sp³-hybridized carbons (Fsp3) is 0.400. The Morgan fingerprint density at radius 3 is 2.55 bits per heavy atom. The van der Waals surface area contributed by atoms with Gasteiger partial charge in [0, 0.05) is 22.3 Å². The summed E-state index contributed by atoms with van der Waals surface area (Å²) in [6.45, 7) is 3.57. The van der Waals surface area contributed by atoms with Crippen LogP contribution in [0.15, 0.2) is 18.2 Å². The molecule has 0 aliphatic carbocycles. The van der Waals surface area contributed by atoms with Gasteiger partial charge < -0.3 is 10.1 Å². The average Bonchev–Trinajstić information content (AvgIpc) is 2.86. The van der Waals surface area contributed by atoms with Crippen molar-refractivity contribution >= 4 is 22.7 Å². The van der Waals surface area contributed by atoms with Crippen LogP contribution in [0.3, 0.4) is 0 Å². The number of nitrogens with one attached hydrogen (secondary N) is 1. The zero-order valence-electron chi connectivity index (χ0n) is 12.1. The van der Waals surface area contributed by atoms with Crippen LogP contribution < -0.4 is 0 Å². The smallest absolute Gasteiger partial charge is 0.383 e. The van der Waals surface area contributed by atoms with E-state index in [0.717, 1.165) is 11.8 Å². The number of benzene rings is 1. The summed E-state index contributed by atoms with van der Waals surface area (Å²) in [5, 5.41) is 19.8. The molecule has 0 spiro atoms. The highest BCUT2D eigenvalue weighted by molar-refractivity contribution is 7.99. The molecule has 22 heavy (non-hydrogen) atoms. The lowest BCUT2D eigenvalue weighted by Gasteiger charge is -2.21. The topological polar surface area (TPSA) is 59.8 Å². The fourth-order valence-electron chi connectivity index (χ4n) is 2.18. The Hall–Kier alpha value is -1.65. The van der Waals surface area contributed by atoms with Crippen molar-refractivity contribution in [1.82, 2.24) is 4.98 Å². The molecule has 1 atom stereocenters. The van der Waals surface area contributed by atoms with Crippen molar-refractivity contribution in [2.75, 3.05) is 11.5 Å². The summed E-state index contributed by atoms with van der Waals surface area (Å²) in [6.07, 6.45) is -4.59. The number of hydrogen-bond donors (Lipinski definition) is 2. The van der Waals surface area contributed by atoms with Gasteiger partial charge in [-0.05, 0) is 30.9 Å². The van der Waals surface area contributed by atoms with Gasteiger partial charge in [-0.1, -0.05) is 6.92 Å². The van der Waals surface area contributed by atoms with Gasteiger partial charge in [0.1, 0.15) is 5.60 Å². The van der Waals surface area contributed by atoms with E-state index in [1.165, 1.54) is 17.8 Å². The highest BCUT2D eigenvalue weighted by Crippen LogP contribution is 2.35. The third kappa shape index (κ3) is 3.23. The summed E-state index contributed by atoms with van der Waals surface area (Å²) in [5.41, 5.74) is -1.88. The first kappa shape index (κ1) is 16.7. The van der Waals surface area contributed by atoms with E-state index in [-0.39, 0.29) is 5.52 Å². The molecule has 2 rings (SSSR count). The highest BCUT2D eigenvalue weighted by Gasteiger charge is 2.34. The summed E-state index contributed by atoms with van der Waals surface area (Å²) in [4.78, 5) is 2.84. The number of aromatic nitrogens is 1. The average molecular weight is 328 g/mol. The van der Waals surface area contributed by atoms with Crippen LogP contribution in [-0.2, 0) is 11.8 Å². The molecule has 0 amide bonds. The second-order valence-electron chi connectivity index (χ2n) is 5.19. The van der Waals surface area contributed by atoms with Gasteiger partial charge in [0.05, 0.1) is 17.2 Å². The van der Waals surface area contributed by atoms with Crippen molar-refractivity contribution in [1.29, 1.82) is 5.26 Å². The molecule has 2 N–H and O–H groups in total. The number of fused-ring (bicyclic) bond motifs is 1. The van der Waals surface area contributed by atoms with Gasteiger partial charge >= 0.3 is 6.18 Å². The lowest BCUT2D eigenvalue weighted by Crippen LogP contribution is -2.24. The minimum absolute atomic E-state index is 0.253. The zero-order chi connectivity index (χ0) is 16.5. The Kier molecular flexibility index (Phi) is 4.45. The fourth-order valence-corrected chi connectivity index (χ4v) is 2.93. The molecule has 0 radical (unpaired) electrons. The van der Waals surface area contributed by atoms with Gasteiger partial charge in [0.2, 0.25) is 0 Å². The normalized spacial score (nSPS) is 14.8. The number of nitriles is 1. The molecule has 7 heteroatoms. The standard InChI is InChI=1S/C15H15F3N2OS/c1-3-22-8-14(2,21)13-5-9-4-10(7-19)11(15(16,17)18)6-12(9)20-13/h4-6,20-21H,3,8H2,1-2H3/t14-/m1/s1. The van der Waals surface area contributed by atoms with Crippen LogP contribution in [0.5, 0.6) is 0 Å². The van der Waals surface area contributed by atoms with Gasteiger partial charge in [-0.3, -0.25) is 0 Å². The first-order chi connectivity index (χ1) is 10.2. The van der Waals surface area contributed by atoms with E-state index in [1.807, 2.05) is 6.92 Å². The molecule has 3 nitrogen and oxygen atoms in total. The Labute approximate surface area is 130 Å². The predicted octanol–water partition coefficient (Wildman–Crippen LogP) is 4.02. The second-order valence-corrected chi connectivity index (χ2v) is 6.46. The number of hydrogen-bond acceptors (Lipinski definition) is 3. The number of nitrogens with zero attached hydrogens (tertiary/aromatic N) is 1. The number of rotatable bonds is 4. The molecular weight excluding hydrogens is 313 g/mol. The Morgan fingerprint density at radius 1 is 1.32 bits per heavy atom. The molecule has 0 aliphatic heterocycles. The lowest BCUT2D eigenvalue weighted by atomic mass is 10.0. The molecule has 0 aliphatic rings. The Balaban J connectivity index is 2.54. The first-order valence-corrected chi connectivity index (χ1v) is 7.79. The maximum atomic E-state index is 13.0. The molecule has 1 heterocycles. The second kappa shape index (κ2) is 5.86. The molecule has 0 unspecified atom stereocenters. The van der Waals surface area contributed by atoms with Gasteiger partial charge in [0.25, 0.3) is 0 Å². The number of H-pyrrole nitrogens is 1. The molecule has 1 aromatic heterocycles. The van der Waals surface area contributed by atoms with E-state index >= 15 is 0 Å². The number of aliphatic hydroxyl groups is 1. The molecular formula is C15H15F3N2OS. The first-order valence-electron chi connectivity index (χ1n) is 6.63. The van der Waals surface area contributed by atoms with E-state index in [4.69, 9.17) is 5.26 Å². The van der Waals surface area contributed by atoms with E-state index in [2.05, 4.69) is 4.98 Å². The monoisotopic (exact) mass is 328 g/mol. The van der Waals surface area contributed by atoms with Crippen LogP contribution in [0.25, 0.3) is 10.9 Å². The van der Waals surface area contributed by atoms with Crippen molar-refractivity contribution in [2.45, 2.75) is 25.6 Å². The molecule has 1 aromatic carbocycles. The number of aromatic amines is 1. The quantitative estimate of drug-likeness (QED) is 0.891. The molecule has 118 valence electrons. The molecule has 0 saturated heterocycles. The summed E-state index contributed by atoms with van der Waals surface area (Å²) < 4.78 is 38.9. The maximum Gasteiger partial charge on any atom is 0.417 e. The van der Waals surface area contributed by atoms with E-state index in [9.17, 15) is 18.3 Å². The summed E-state index contributed by atoms with van der Waals surface area (Å²) in [7, 11) is 0. The minimum Gasteiger partial charge on any atom is -0.383 e. The van der Waals surface area contributed by atoms with Crippen molar-refractivity contribution in [3.63, 3.8) is 0 Å². The number of halogens is 3. The number of thioether (sulfide) groups is 1. The van der Waals surface area contributed by atoms with E-state index in [0.29, 0.717) is 16.8 Å². The van der Waals surface area contributed by atoms with Crippen molar-refractivity contribution in [2.24, 2.45) is 0 Å². The van der Waals surface area contributed by atoms with Gasteiger partial charge in [-0.25, -0.2) is 0 Å².